The number of carbonyl (C=O) groups excluding carboxylic acids is 1. The molecule has 1 aromatic carbocycles. The van der Waals surface area contributed by atoms with Crippen molar-refractivity contribution in [1.29, 1.82) is 0 Å². The lowest BCUT2D eigenvalue weighted by atomic mass is 10.2. The third-order valence-corrected chi connectivity index (χ3v) is 11.7. The summed E-state index contributed by atoms with van der Waals surface area (Å²) >= 11 is 0. The highest BCUT2D eigenvalue weighted by molar-refractivity contribution is 6.74. The number of nitrogens with zero attached hydrogens (tertiary/aromatic N) is 5. The van der Waals surface area contributed by atoms with Gasteiger partial charge in [-0.15, -0.1) is 0 Å². The van der Waals surface area contributed by atoms with Gasteiger partial charge in [0.1, 0.15) is 23.8 Å². The molecular weight excluding hydrogens is 484 g/mol. The topological polar surface area (TPSA) is 108 Å². The van der Waals surface area contributed by atoms with Gasteiger partial charge in [-0.05, 0) is 60.1 Å². The van der Waals surface area contributed by atoms with Crippen LogP contribution in [-0.4, -0.2) is 47.1 Å². The van der Waals surface area contributed by atoms with E-state index >= 15 is 0 Å². The summed E-state index contributed by atoms with van der Waals surface area (Å²) in [4.78, 5) is 27.6. The summed E-state index contributed by atoms with van der Waals surface area (Å²) in [6.07, 6.45) is 1.25. The van der Waals surface area contributed by atoms with Crippen LogP contribution in [0.15, 0.2) is 54.7 Å². The molecule has 1 amide bonds. The van der Waals surface area contributed by atoms with E-state index in [1.54, 1.807) is 12.3 Å². The van der Waals surface area contributed by atoms with Crippen LogP contribution in [0.2, 0.25) is 18.1 Å². The monoisotopic (exact) mass is 516 g/mol. The highest BCUT2D eigenvalue weighted by Gasteiger charge is 2.37. The third-order valence-electron chi connectivity index (χ3n) is 7.21. The first-order valence-corrected chi connectivity index (χ1v) is 15.2. The minimum Gasteiger partial charge on any atom is -0.447 e. The maximum atomic E-state index is 12.2. The van der Waals surface area contributed by atoms with Crippen molar-refractivity contribution in [2.75, 3.05) is 23.8 Å². The number of nitrogen functional groups attached to an aromatic ring is 1. The number of carbonyl (C=O) groups is 1. The SMILES string of the molecule is CC(C)(C)[Si](C)(C)OCc1ccc(-n2c(-c3cccnc3N)nc3ccc(N4CCOC4=O)nc32)cc1. The number of hydrogen-bond acceptors (Lipinski definition) is 7. The number of aromatic nitrogens is 4. The van der Waals surface area contributed by atoms with Crippen LogP contribution < -0.4 is 10.6 Å². The van der Waals surface area contributed by atoms with E-state index in [4.69, 9.17) is 24.9 Å². The van der Waals surface area contributed by atoms with Crippen LogP contribution in [0.25, 0.3) is 28.2 Å². The zero-order chi connectivity index (χ0) is 26.4. The number of cyclic esters (lactones) is 1. The molecule has 10 heteroatoms. The molecule has 0 bridgehead atoms. The first-order valence-electron chi connectivity index (χ1n) is 12.3. The number of pyridine rings is 2. The van der Waals surface area contributed by atoms with E-state index in [0.29, 0.717) is 53.9 Å². The molecule has 1 fully saturated rings. The lowest BCUT2D eigenvalue weighted by Crippen LogP contribution is -2.40. The van der Waals surface area contributed by atoms with Crippen molar-refractivity contribution in [2.24, 2.45) is 0 Å². The fourth-order valence-corrected chi connectivity index (χ4v) is 4.91. The normalized spacial score (nSPS) is 14.4. The van der Waals surface area contributed by atoms with Crippen molar-refractivity contribution in [1.82, 2.24) is 19.5 Å². The van der Waals surface area contributed by atoms with Gasteiger partial charge in [-0.1, -0.05) is 32.9 Å². The van der Waals surface area contributed by atoms with Gasteiger partial charge in [-0.25, -0.2) is 19.7 Å². The van der Waals surface area contributed by atoms with Gasteiger partial charge in [0.15, 0.2) is 19.8 Å². The van der Waals surface area contributed by atoms with E-state index in [1.165, 1.54) is 4.90 Å². The second kappa shape index (κ2) is 9.27. The van der Waals surface area contributed by atoms with Crippen molar-refractivity contribution >= 4 is 37.2 Å². The molecule has 1 aliphatic heterocycles. The Bertz CT molecular complexity index is 1460. The fourth-order valence-electron chi connectivity index (χ4n) is 3.95. The molecule has 1 saturated heterocycles. The second-order valence-corrected chi connectivity index (χ2v) is 15.5. The minimum atomic E-state index is -1.86. The minimum absolute atomic E-state index is 0.145. The Kier molecular flexibility index (Phi) is 6.24. The first-order chi connectivity index (χ1) is 17.5. The molecule has 0 unspecified atom stereocenters. The number of benzene rings is 1. The molecule has 0 saturated carbocycles. The van der Waals surface area contributed by atoms with Crippen LogP contribution in [-0.2, 0) is 15.8 Å². The second-order valence-electron chi connectivity index (χ2n) is 10.7. The number of amides is 1. The Morgan fingerprint density at radius 3 is 2.49 bits per heavy atom. The Labute approximate surface area is 217 Å². The van der Waals surface area contributed by atoms with Crippen LogP contribution in [0.4, 0.5) is 16.4 Å². The molecule has 37 heavy (non-hydrogen) atoms. The molecule has 0 atom stereocenters. The van der Waals surface area contributed by atoms with Gasteiger partial charge in [-0.3, -0.25) is 9.47 Å². The maximum Gasteiger partial charge on any atom is 0.415 e. The predicted molar refractivity (Wildman–Crippen MR) is 147 cm³/mol. The molecule has 2 N–H and O–H groups in total. The summed E-state index contributed by atoms with van der Waals surface area (Å²) in [7, 11) is -1.86. The lowest BCUT2D eigenvalue weighted by molar-refractivity contribution is 0.181. The summed E-state index contributed by atoms with van der Waals surface area (Å²) in [5, 5.41) is 0.145. The van der Waals surface area contributed by atoms with Gasteiger partial charge in [-0.2, -0.15) is 0 Å². The number of anilines is 2. The van der Waals surface area contributed by atoms with Crippen molar-refractivity contribution in [2.45, 2.75) is 45.5 Å². The number of imidazole rings is 1. The van der Waals surface area contributed by atoms with E-state index in [2.05, 4.69) is 51.0 Å². The Morgan fingerprint density at radius 1 is 1.08 bits per heavy atom. The Morgan fingerprint density at radius 2 is 1.84 bits per heavy atom. The average Bonchev–Trinajstić information content (AvgIpc) is 3.45. The van der Waals surface area contributed by atoms with Crippen LogP contribution in [0, 0.1) is 0 Å². The van der Waals surface area contributed by atoms with E-state index in [1.807, 2.05) is 34.9 Å². The number of hydrogen-bond donors (Lipinski definition) is 1. The highest BCUT2D eigenvalue weighted by atomic mass is 28.4. The number of rotatable bonds is 6. The standard InChI is InChI=1S/C27H32N6O3Si/c1-27(2,3)37(4,5)36-17-18-8-10-19(11-9-18)33-24(20-7-6-14-29-23(20)28)30-21-12-13-22(31-25(21)33)32-15-16-35-26(32)34/h6-14H,15-17H2,1-5H3,(H2,28,29). The molecule has 0 spiro atoms. The molecule has 192 valence electrons. The van der Waals surface area contributed by atoms with E-state index in [-0.39, 0.29) is 5.04 Å². The van der Waals surface area contributed by atoms with Crippen molar-refractivity contribution in [3.63, 3.8) is 0 Å². The molecule has 0 radical (unpaired) electrons. The summed E-state index contributed by atoms with van der Waals surface area (Å²) in [6.45, 7) is 12.6. The molecule has 4 aromatic rings. The number of nitrogens with two attached hydrogens (primary N) is 1. The Hall–Kier alpha value is -3.76. The summed E-state index contributed by atoms with van der Waals surface area (Å²) in [6, 6.07) is 15.5. The van der Waals surface area contributed by atoms with Gasteiger partial charge in [0, 0.05) is 11.9 Å². The molecule has 0 aliphatic carbocycles. The van der Waals surface area contributed by atoms with E-state index in [0.717, 1.165) is 11.3 Å². The summed E-state index contributed by atoms with van der Waals surface area (Å²) in [5.74, 6) is 1.52. The molecule has 1 aliphatic rings. The zero-order valence-corrected chi connectivity index (χ0v) is 22.9. The first kappa shape index (κ1) is 24.9. The van der Waals surface area contributed by atoms with Crippen molar-refractivity contribution in [3.05, 3.63) is 60.3 Å². The molecule has 4 heterocycles. The fraction of sp³-hybridized carbons (Fsp3) is 0.333. The summed E-state index contributed by atoms with van der Waals surface area (Å²) in [5.41, 5.74) is 10.2. The van der Waals surface area contributed by atoms with Crippen molar-refractivity contribution in [3.8, 4) is 17.1 Å². The molecule has 5 rings (SSSR count). The average molecular weight is 517 g/mol. The third kappa shape index (κ3) is 4.69. The van der Waals surface area contributed by atoms with Gasteiger partial charge in [0.25, 0.3) is 0 Å². The van der Waals surface area contributed by atoms with Crippen LogP contribution in [0.1, 0.15) is 26.3 Å². The quantitative estimate of drug-likeness (QED) is 0.335. The largest absolute Gasteiger partial charge is 0.447 e. The molecule has 3 aromatic heterocycles. The van der Waals surface area contributed by atoms with Gasteiger partial charge < -0.3 is 14.9 Å². The zero-order valence-electron chi connectivity index (χ0n) is 21.9. The Balaban J connectivity index is 1.57. The predicted octanol–water partition coefficient (Wildman–Crippen LogP) is 5.54. The molecular formula is C27H32N6O3Si. The van der Waals surface area contributed by atoms with Gasteiger partial charge in [0.05, 0.1) is 18.7 Å². The van der Waals surface area contributed by atoms with E-state index in [9.17, 15) is 4.79 Å². The van der Waals surface area contributed by atoms with Crippen LogP contribution in [0.5, 0.6) is 0 Å². The molecule has 9 nitrogen and oxygen atoms in total. The maximum absolute atomic E-state index is 12.2. The number of ether oxygens (including phenoxy) is 1. The highest BCUT2D eigenvalue weighted by Crippen LogP contribution is 2.37. The lowest BCUT2D eigenvalue weighted by Gasteiger charge is -2.36. The summed E-state index contributed by atoms with van der Waals surface area (Å²) < 4.78 is 13.5. The van der Waals surface area contributed by atoms with Crippen LogP contribution >= 0.6 is 0 Å². The van der Waals surface area contributed by atoms with Gasteiger partial charge in [0.2, 0.25) is 0 Å². The van der Waals surface area contributed by atoms with Crippen molar-refractivity contribution < 1.29 is 14.0 Å². The van der Waals surface area contributed by atoms with Gasteiger partial charge >= 0.3 is 6.09 Å². The number of fused-ring (bicyclic) bond motifs is 1. The van der Waals surface area contributed by atoms with E-state index < -0.39 is 14.4 Å². The van der Waals surface area contributed by atoms with Crippen LogP contribution in [0.3, 0.4) is 0 Å². The smallest absolute Gasteiger partial charge is 0.415 e.